The lowest BCUT2D eigenvalue weighted by Gasteiger charge is -2.13. The number of pyridine rings is 2. The molecule has 0 atom stereocenters. The molecule has 110 valence electrons. The number of nitrogens with one attached hydrogen (secondary N) is 1. The molecule has 0 spiro atoms. The maximum atomic E-state index is 12.1. The van der Waals surface area contributed by atoms with Crippen molar-refractivity contribution in [2.45, 2.75) is 33.4 Å². The maximum absolute atomic E-state index is 12.1. The first-order valence-electron chi connectivity index (χ1n) is 6.87. The fourth-order valence-electron chi connectivity index (χ4n) is 1.77. The third kappa shape index (κ3) is 4.27. The second-order valence-corrected chi connectivity index (χ2v) is 5.01. The van der Waals surface area contributed by atoms with Crippen molar-refractivity contribution >= 4 is 5.91 Å². The Bertz CT molecular complexity index is 609. The topological polar surface area (TPSA) is 64.1 Å². The minimum absolute atomic E-state index is 0.0376. The van der Waals surface area contributed by atoms with E-state index in [0.29, 0.717) is 18.0 Å². The van der Waals surface area contributed by atoms with Gasteiger partial charge in [0.25, 0.3) is 5.91 Å². The molecule has 2 aromatic rings. The van der Waals surface area contributed by atoms with Crippen LogP contribution in [0.2, 0.25) is 0 Å². The Balaban J connectivity index is 2.02. The summed E-state index contributed by atoms with van der Waals surface area (Å²) in [6, 6.07) is 7.28. The average Bonchev–Trinajstić information content (AvgIpc) is 2.46. The van der Waals surface area contributed by atoms with Gasteiger partial charge in [0, 0.05) is 30.2 Å². The zero-order valence-electron chi connectivity index (χ0n) is 12.5. The van der Waals surface area contributed by atoms with Gasteiger partial charge in [0.15, 0.2) is 0 Å². The number of hydrogen-bond donors (Lipinski definition) is 1. The van der Waals surface area contributed by atoms with E-state index in [1.165, 1.54) is 0 Å². The smallest absolute Gasteiger partial charge is 0.253 e. The summed E-state index contributed by atoms with van der Waals surface area (Å²) in [5.74, 6) is 0.386. The summed E-state index contributed by atoms with van der Waals surface area (Å²) in [5.41, 5.74) is 2.27. The van der Waals surface area contributed by atoms with Gasteiger partial charge in [-0.25, -0.2) is 4.98 Å². The summed E-state index contributed by atoms with van der Waals surface area (Å²) in [5, 5.41) is 2.85. The Kier molecular flexibility index (Phi) is 4.87. The molecular formula is C16H19N3O2. The van der Waals surface area contributed by atoms with Crippen molar-refractivity contribution in [2.75, 3.05) is 0 Å². The molecule has 5 nitrogen and oxygen atoms in total. The van der Waals surface area contributed by atoms with Crippen molar-refractivity contribution in [1.82, 2.24) is 15.3 Å². The van der Waals surface area contributed by atoms with E-state index in [0.717, 1.165) is 11.3 Å². The molecule has 0 fully saturated rings. The Morgan fingerprint density at radius 1 is 1.29 bits per heavy atom. The molecule has 0 saturated carbocycles. The van der Waals surface area contributed by atoms with Crippen LogP contribution in [0.1, 0.15) is 35.5 Å². The maximum Gasteiger partial charge on any atom is 0.253 e. The van der Waals surface area contributed by atoms with Gasteiger partial charge in [0.1, 0.15) is 0 Å². The van der Waals surface area contributed by atoms with Crippen LogP contribution in [0.25, 0.3) is 0 Å². The first-order chi connectivity index (χ1) is 10.1. The minimum atomic E-state index is -0.165. The summed E-state index contributed by atoms with van der Waals surface area (Å²) in [7, 11) is 0. The lowest BCUT2D eigenvalue weighted by atomic mass is 10.2. The van der Waals surface area contributed by atoms with Gasteiger partial charge in [-0.3, -0.25) is 9.78 Å². The van der Waals surface area contributed by atoms with Gasteiger partial charge >= 0.3 is 0 Å². The Hall–Kier alpha value is -2.43. The third-order valence-electron chi connectivity index (χ3n) is 2.81. The van der Waals surface area contributed by atoms with Gasteiger partial charge in [-0.1, -0.05) is 6.07 Å². The fourth-order valence-corrected chi connectivity index (χ4v) is 1.77. The lowest BCUT2D eigenvalue weighted by molar-refractivity contribution is 0.0950. The molecule has 0 aliphatic carbocycles. The number of rotatable bonds is 5. The number of nitrogens with zero attached hydrogens (tertiary/aromatic N) is 2. The highest BCUT2D eigenvalue weighted by molar-refractivity contribution is 5.93. The van der Waals surface area contributed by atoms with E-state index < -0.39 is 0 Å². The summed E-state index contributed by atoms with van der Waals surface area (Å²) in [4.78, 5) is 20.4. The standard InChI is InChI=1S/C16H19N3O2/c1-11(2)21-16-14(5-4-8-17-16)10-19-15(20)13-7-6-12(3)18-9-13/h4-9,11H,10H2,1-3H3,(H,19,20). The lowest BCUT2D eigenvalue weighted by Crippen LogP contribution is -2.23. The first-order valence-corrected chi connectivity index (χ1v) is 6.87. The van der Waals surface area contributed by atoms with E-state index in [-0.39, 0.29) is 12.0 Å². The molecule has 1 N–H and O–H groups in total. The zero-order chi connectivity index (χ0) is 15.2. The number of carbonyl (C=O) groups excluding carboxylic acids is 1. The van der Waals surface area contributed by atoms with Gasteiger partial charge in [-0.15, -0.1) is 0 Å². The third-order valence-corrected chi connectivity index (χ3v) is 2.81. The zero-order valence-corrected chi connectivity index (χ0v) is 12.5. The first kappa shape index (κ1) is 15.0. The normalized spacial score (nSPS) is 10.5. The molecule has 21 heavy (non-hydrogen) atoms. The molecule has 0 unspecified atom stereocenters. The van der Waals surface area contributed by atoms with E-state index >= 15 is 0 Å². The van der Waals surface area contributed by atoms with E-state index in [1.807, 2.05) is 39.0 Å². The summed E-state index contributed by atoms with van der Waals surface area (Å²) in [6.07, 6.45) is 3.28. The average molecular weight is 285 g/mol. The van der Waals surface area contributed by atoms with Crippen molar-refractivity contribution in [1.29, 1.82) is 0 Å². The molecule has 2 heterocycles. The van der Waals surface area contributed by atoms with E-state index in [9.17, 15) is 4.79 Å². The van der Waals surface area contributed by atoms with Crippen LogP contribution in [-0.2, 0) is 6.54 Å². The van der Waals surface area contributed by atoms with Crippen LogP contribution in [0.3, 0.4) is 0 Å². The Morgan fingerprint density at radius 3 is 2.76 bits per heavy atom. The summed E-state index contributed by atoms with van der Waals surface area (Å²) >= 11 is 0. The number of hydrogen-bond acceptors (Lipinski definition) is 4. The van der Waals surface area contributed by atoms with Gasteiger partial charge in [-0.05, 0) is 39.0 Å². The number of aryl methyl sites for hydroxylation is 1. The Labute approximate surface area is 124 Å². The number of aromatic nitrogens is 2. The molecule has 0 aliphatic heterocycles. The molecule has 0 aliphatic rings. The molecule has 1 amide bonds. The Morgan fingerprint density at radius 2 is 2.10 bits per heavy atom. The van der Waals surface area contributed by atoms with Crippen LogP contribution in [0.15, 0.2) is 36.7 Å². The highest BCUT2D eigenvalue weighted by Crippen LogP contribution is 2.15. The van der Waals surface area contributed by atoms with Crippen molar-refractivity contribution in [3.05, 3.63) is 53.5 Å². The van der Waals surface area contributed by atoms with Crippen molar-refractivity contribution in [2.24, 2.45) is 0 Å². The van der Waals surface area contributed by atoms with Crippen LogP contribution in [0.5, 0.6) is 5.88 Å². The van der Waals surface area contributed by atoms with Crippen molar-refractivity contribution < 1.29 is 9.53 Å². The largest absolute Gasteiger partial charge is 0.475 e. The second-order valence-electron chi connectivity index (χ2n) is 5.01. The van der Waals surface area contributed by atoms with Gasteiger partial charge in [-0.2, -0.15) is 0 Å². The van der Waals surface area contributed by atoms with Crippen molar-refractivity contribution in [3.63, 3.8) is 0 Å². The van der Waals surface area contributed by atoms with E-state index in [4.69, 9.17) is 4.74 Å². The molecule has 5 heteroatoms. The van der Waals surface area contributed by atoms with Crippen molar-refractivity contribution in [3.8, 4) is 5.88 Å². The number of ether oxygens (including phenoxy) is 1. The number of amides is 1. The minimum Gasteiger partial charge on any atom is -0.475 e. The van der Waals surface area contributed by atoms with Crippen LogP contribution >= 0.6 is 0 Å². The fraction of sp³-hybridized carbons (Fsp3) is 0.312. The van der Waals surface area contributed by atoms with Crippen LogP contribution in [0.4, 0.5) is 0 Å². The molecule has 2 rings (SSSR count). The van der Waals surface area contributed by atoms with E-state index in [2.05, 4.69) is 15.3 Å². The molecule has 0 saturated heterocycles. The number of carbonyl (C=O) groups is 1. The second kappa shape index (κ2) is 6.83. The van der Waals surface area contributed by atoms with Crippen LogP contribution < -0.4 is 10.1 Å². The summed E-state index contributed by atoms with van der Waals surface area (Å²) in [6.45, 7) is 6.12. The molecule has 0 aromatic carbocycles. The van der Waals surface area contributed by atoms with Crippen LogP contribution in [0, 0.1) is 6.92 Å². The quantitative estimate of drug-likeness (QED) is 0.916. The van der Waals surface area contributed by atoms with Crippen LogP contribution in [-0.4, -0.2) is 22.0 Å². The van der Waals surface area contributed by atoms with E-state index in [1.54, 1.807) is 18.5 Å². The molecule has 0 radical (unpaired) electrons. The predicted molar refractivity (Wildman–Crippen MR) is 80.1 cm³/mol. The monoisotopic (exact) mass is 285 g/mol. The highest BCUT2D eigenvalue weighted by atomic mass is 16.5. The molecular weight excluding hydrogens is 266 g/mol. The SMILES string of the molecule is Cc1ccc(C(=O)NCc2cccnc2OC(C)C)cn1. The van der Waals surface area contributed by atoms with Gasteiger partial charge < -0.3 is 10.1 Å². The predicted octanol–water partition coefficient (Wildman–Crippen LogP) is 2.50. The molecule has 0 bridgehead atoms. The summed E-state index contributed by atoms with van der Waals surface area (Å²) < 4.78 is 5.62. The highest BCUT2D eigenvalue weighted by Gasteiger charge is 2.10. The molecule has 2 aromatic heterocycles. The van der Waals surface area contributed by atoms with Gasteiger partial charge in [0.2, 0.25) is 5.88 Å². The van der Waals surface area contributed by atoms with Gasteiger partial charge in [0.05, 0.1) is 11.7 Å².